The van der Waals surface area contributed by atoms with E-state index in [1.54, 1.807) is 0 Å². The molecule has 31 heavy (non-hydrogen) atoms. The number of benzene rings is 1. The zero-order valence-corrected chi connectivity index (χ0v) is 21.3. The summed E-state index contributed by atoms with van der Waals surface area (Å²) >= 11 is -2.73. The van der Waals surface area contributed by atoms with E-state index in [4.69, 9.17) is 0 Å². The first-order chi connectivity index (χ1) is 15.0. The maximum absolute atomic E-state index is 13.5. The van der Waals surface area contributed by atoms with Gasteiger partial charge in [0, 0.05) is 0 Å². The van der Waals surface area contributed by atoms with Gasteiger partial charge in [-0.1, -0.05) is 0 Å². The molecule has 166 valence electrons. The molecule has 0 radical (unpaired) electrons. The van der Waals surface area contributed by atoms with Crippen LogP contribution in [0.15, 0.2) is 23.8 Å². The van der Waals surface area contributed by atoms with Crippen LogP contribution in [0.3, 0.4) is 0 Å². The van der Waals surface area contributed by atoms with Crippen molar-refractivity contribution in [3.8, 4) is 0 Å². The second-order valence-corrected chi connectivity index (χ2v) is 16.6. The third-order valence-electron chi connectivity index (χ3n) is 7.38. The zero-order chi connectivity index (χ0) is 21.8. The number of nitrogens with one attached hydrogen (secondary N) is 1. The zero-order valence-electron chi connectivity index (χ0n) is 19.7. The van der Waals surface area contributed by atoms with Gasteiger partial charge in [0.25, 0.3) is 0 Å². The molecule has 1 aromatic carbocycles. The quantitative estimate of drug-likeness (QED) is 0.541. The van der Waals surface area contributed by atoms with Crippen LogP contribution >= 0.6 is 0 Å². The fourth-order valence-corrected chi connectivity index (χ4v) is 10.3. The Labute approximate surface area is 192 Å². The molecule has 0 bridgehead atoms. The molecule has 0 spiro atoms. The fraction of sp³-hybridized carbons (Fsp3) is 0.536. The van der Waals surface area contributed by atoms with Gasteiger partial charge in [0.05, 0.1) is 0 Å². The summed E-state index contributed by atoms with van der Waals surface area (Å²) in [5, 5.41) is 7.40. The number of carbonyl (C=O) groups is 1. The van der Waals surface area contributed by atoms with Gasteiger partial charge in [-0.3, -0.25) is 0 Å². The molecule has 1 fully saturated rings. The molecule has 0 aliphatic heterocycles. The number of hydrogen-bond acceptors (Lipinski definition) is 1. The monoisotopic (exact) mass is 453 g/mol. The van der Waals surface area contributed by atoms with E-state index in [0.29, 0.717) is 5.91 Å². The van der Waals surface area contributed by atoms with Gasteiger partial charge in [-0.15, -0.1) is 0 Å². The summed E-state index contributed by atoms with van der Waals surface area (Å²) in [6.07, 6.45) is 22.8. The first-order valence-electron chi connectivity index (χ1n) is 12.5. The molecule has 0 aromatic heterocycles. The van der Waals surface area contributed by atoms with Crippen molar-refractivity contribution in [2.24, 2.45) is 5.92 Å². The van der Waals surface area contributed by atoms with E-state index in [2.05, 4.69) is 57.6 Å². The van der Waals surface area contributed by atoms with Gasteiger partial charge in [0.2, 0.25) is 0 Å². The van der Waals surface area contributed by atoms with Gasteiger partial charge in [-0.05, 0) is 0 Å². The van der Waals surface area contributed by atoms with Crippen LogP contribution in [-0.2, 0) is 21.6 Å². The third-order valence-corrected chi connectivity index (χ3v) is 11.7. The van der Waals surface area contributed by atoms with Gasteiger partial charge in [0.15, 0.2) is 0 Å². The molecular weight excluding hydrogens is 414 g/mol. The molecule has 0 unspecified atom stereocenters. The molecule has 3 aliphatic rings. The number of allylic oxidation sites excluding steroid dienone is 2. The standard InChI is InChI=1S/C13H25NO.C13H9.2CH3.Ti/c14-13(15)12-10-8-6-4-2-1-3-5-7-9-11-12;1-9-5-12-7-10-3-2-4-11(10)8-13(12)6-9;;;/h12H,1-11H2,(H2,14,15);2-5,7-8H,1H3;2*1H3;/q;;;;+1/p-1. The molecule has 1 N–H and O–H groups in total. The Morgan fingerprint density at radius 3 is 2.16 bits per heavy atom. The van der Waals surface area contributed by atoms with Crippen molar-refractivity contribution in [1.29, 1.82) is 0 Å². The minimum atomic E-state index is -2.73. The van der Waals surface area contributed by atoms with Gasteiger partial charge in [-0.2, -0.15) is 0 Å². The Kier molecular flexibility index (Phi) is 7.39. The summed E-state index contributed by atoms with van der Waals surface area (Å²) in [5.41, 5.74) is 3.99. The molecule has 0 heterocycles. The van der Waals surface area contributed by atoms with Crippen LogP contribution in [0.25, 0.3) is 22.1 Å². The van der Waals surface area contributed by atoms with Gasteiger partial charge < -0.3 is 0 Å². The summed E-state index contributed by atoms with van der Waals surface area (Å²) in [6.45, 7) is 2.23. The van der Waals surface area contributed by atoms with Crippen molar-refractivity contribution >= 4 is 28.0 Å². The van der Waals surface area contributed by atoms with Crippen molar-refractivity contribution in [1.82, 2.24) is 3.80 Å². The topological polar surface area (TPSA) is 29.1 Å². The average molecular weight is 453 g/mol. The Balaban J connectivity index is 1.53. The molecule has 3 aliphatic carbocycles. The molecule has 4 rings (SSSR count). The first-order valence-corrected chi connectivity index (χ1v) is 17.2. The van der Waals surface area contributed by atoms with E-state index in [1.165, 1.54) is 88.8 Å². The van der Waals surface area contributed by atoms with E-state index in [-0.39, 0.29) is 5.92 Å². The van der Waals surface area contributed by atoms with Crippen LogP contribution in [0.4, 0.5) is 0 Å². The molecule has 1 aromatic rings. The average Bonchev–Trinajstić information content (AvgIpc) is 3.28. The summed E-state index contributed by atoms with van der Waals surface area (Å²) in [6, 6.07) is 4.66. The van der Waals surface area contributed by atoms with Crippen LogP contribution in [0.5, 0.6) is 0 Å². The minimum absolute atomic E-state index is 0.202. The van der Waals surface area contributed by atoms with E-state index in [1.807, 2.05) is 0 Å². The van der Waals surface area contributed by atoms with Gasteiger partial charge >= 0.3 is 193 Å². The molecule has 1 saturated carbocycles. The van der Waals surface area contributed by atoms with Crippen LogP contribution in [0.1, 0.15) is 88.7 Å². The molecule has 0 saturated heterocycles. The number of fused-ring (bicyclic) bond motifs is 2. The van der Waals surface area contributed by atoms with Crippen LogP contribution in [0, 0.1) is 5.92 Å². The summed E-state index contributed by atoms with van der Waals surface area (Å²) in [5.74, 6) is 0.540. The van der Waals surface area contributed by atoms with Crippen LogP contribution in [0.2, 0.25) is 10.5 Å². The van der Waals surface area contributed by atoms with Crippen molar-refractivity contribution in [3.05, 3.63) is 45.3 Å². The van der Waals surface area contributed by atoms with Crippen molar-refractivity contribution in [2.75, 3.05) is 0 Å². The van der Waals surface area contributed by atoms with E-state index in [9.17, 15) is 4.79 Å². The number of amides is 1. The normalized spacial score (nSPS) is 20.2. The Morgan fingerprint density at radius 2 is 1.52 bits per heavy atom. The molecule has 3 heteroatoms. The molecule has 1 amide bonds. The molecule has 0 atom stereocenters. The Hall–Kier alpha value is -1.38. The third kappa shape index (κ3) is 5.34. The van der Waals surface area contributed by atoms with E-state index < -0.39 is 16.8 Å². The SMILES string of the molecule is CC1=Cc2cc3c(cc2=[C]1[Ti]([CH3])([CH3])[NH]C(=O)C1CCCCCCCCCCC1)C=CC=3. The molecule has 2 nitrogen and oxygen atoms in total. The summed E-state index contributed by atoms with van der Waals surface area (Å²) in [4.78, 5) is 13.5. The van der Waals surface area contributed by atoms with Gasteiger partial charge in [-0.25, -0.2) is 0 Å². The van der Waals surface area contributed by atoms with Crippen molar-refractivity contribution in [2.45, 2.75) is 88.0 Å². The summed E-state index contributed by atoms with van der Waals surface area (Å²) < 4.78 is 5.12. The second kappa shape index (κ2) is 10.0. The van der Waals surface area contributed by atoms with Crippen molar-refractivity contribution < 1.29 is 21.6 Å². The second-order valence-electron chi connectivity index (χ2n) is 10.4. The number of hydrogen-bond donors (Lipinski definition) is 1. The summed E-state index contributed by atoms with van der Waals surface area (Å²) in [7, 11) is 0. The van der Waals surface area contributed by atoms with Crippen molar-refractivity contribution in [3.63, 3.8) is 0 Å². The Morgan fingerprint density at radius 1 is 0.903 bits per heavy atom. The number of carbonyl (C=O) groups excluding carboxylic acids is 1. The fourth-order valence-electron chi connectivity index (χ4n) is 5.78. The Bertz CT molecular complexity index is 1000. The van der Waals surface area contributed by atoms with Crippen LogP contribution < -0.4 is 14.2 Å². The predicted molar refractivity (Wildman–Crippen MR) is 130 cm³/mol. The van der Waals surface area contributed by atoms with E-state index in [0.717, 1.165) is 12.8 Å². The maximum atomic E-state index is 13.5. The number of rotatable bonds is 3. The van der Waals surface area contributed by atoms with Gasteiger partial charge in [0.1, 0.15) is 0 Å². The van der Waals surface area contributed by atoms with E-state index >= 15 is 0 Å². The predicted octanol–water partition coefficient (Wildman–Crippen LogP) is 6.22. The molecular formula is C28H39NOTi. The first kappa shape index (κ1) is 22.8. The van der Waals surface area contributed by atoms with Crippen LogP contribution in [-0.4, -0.2) is 5.91 Å².